The number of hydrogen-bond acceptors (Lipinski definition) is 8. The normalized spacial score (nSPS) is 20.2. The first-order chi connectivity index (χ1) is 17.9. The van der Waals surface area contributed by atoms with E-state index in [4.69, 9.17) is 20.4 Å². The van der Waals surface area contributed by atoms with E-state index in [1.807, 2.05) is 17.0 Å². The van der Waals surface area contributed by atoms with Crippen molar-refractivity contribution in [3.05, 3.63) is 64.0 Å². The summed E-state index contributed by atoms with van der Waals surface area (Å²) in [6, 6.07) is 6.52. The predicted octanol–water partition coefficient (Wildman–Crippen LogP) is 2.71. The lowest BCUT2D eigenvalue weighted by Gasteiger charge is -2.41. The molecule has 0 unspecified atom stereocenters. The quantitative estimate of drug-likeness (QED) is 0.430. The van der Waals surface area contributed by atoms with E-state index in [2.05, 4.69) is 15.1 Å². The highest BCUT2D eigenvalue weighted by Crippen LogP contribution is 2.48. The van der Waals surface area contributed by atoms with Gasteiger partial charge in [0.2, 0.25) is 0 Å². The van der Waals surface area contributed by atoms with Crippen LogP contribution in [0.2, 0.25) is 0 Å². The number of H-pyrrole nitrogens is 1. The molecule has 11 heteroatoms. The van der Waals surface area contributed by atoms with Crippen LogP contribution >= 0.6 is 0 Å². The number of hydrogen-bond donors (Lipinski definition) is 2. The molecule has 3 N–H and O–H groups in total. The predicted molar refractivity (Wildman–Crippen MR) is 137 cm³/mol. The number of rotatable bonds is 2. The van der Waals surface area contributed by atoms with Crippen LogP contribution in [0, 0.1) is 5.82 Å². The molecule has 10 nitrogen and oxygen atoms in total. The van der Waals surface area contributed by atoms with Gasteiger partial charge in [0, 0.05) is 56.8 Å². The maximum atomic E-state index is 14.3. The highest BCUT2D eigenvalue weighted by atomic mass is 19.1. The Morgan fingerprint density at radius 2 is 2.05 bits per heavy atom. The second-order valence-electron chi connectivity index (χ2n) is 10.1. The fraction of sp³-hybridized carbons (Fsp3) is 0.385. The lowest BCUT2D eigenvalue weighted by Crippen LogP contribution is -2.51. The van der Waals surface area contributed by atoms with Crippen LogP contribution in [-0.2, 0) is 13.5 Å². The molecule has 0 amide bonds. The zero-order chi connectivity index (χ0) is 25.3. The van der Waals surface area contributed by atoms with Gasteiger partial charge in [-0.2, -0.15) is 5.10 Å². The van der Waals surface area contributed by atoms with Crippen molar-refractivity contribution in [2.45, 2.75) is 37.3 Å². The molecular formula is C26H27FN8O2. The van der Waals surface area contributed by atoms with Gasteiger partial charge in [0.15, 0.2) is 28.5 Å². The average molecular weight is 503 g/mol. The van der Waals surface area contributed by atoms with Crippen LogP contribution in [0.15, 0.2) is 41.5 Å². The Labute approximate surface area is 211 Å². The number of benzene rings is 1. The number of pyridine rings is 1. The third-order valence-electron chi connectivity index (χ3n) is 8.08. The Hall–Kier alpha value is -3.99. The van der Waals surface area contributed by atoms with Crippen LogP contribution in [0.25, 0.3) is 11.2 Å². The van der Waals surface area contributed by atoms with Gasteiger partial charge in [0.05, 0.1) is 17.9 Å². The monoisotopic (exact) mass is 502 g/mol. The minimum absolute atomic E-state index is 0.0232. The minimum atomic E-state index is -0.613. The van der Waals surface area contributed by atoms with Crippen LogP contribution < -0.4 is 25.8 Å². The Morgan fingerprint density at radius 3 is 2.86 bits per heavy atom. The molecule has 6 heterocycles. The van der Waals surface area contributed by atoms with Gasteiger partial charge in [0.1, 0.15) is 11.4 Å². The summed E-state index contributed by atoms with van der Waals surface area (Å²) in [5.41, 5.74) is 9.60. The number of fused-ring (bicyclic) bond motifs is 3. The molecule has 37 heavy (non-hydrogen) atoms. The van der Waals surface area contributed by atoms with Crippen molar-refractivity contribution in [1.29, 1.82) is 0 Å². The van der Waals surface area contributed by atoms with E-state index in [1.165, 1.54) is 6.07 Å². The van der Waals surface area contributed by atoms with Crippen LogP contribution in [-0.4, -0.2) is 50.0 Å². The molecule has 0 saturated carbocycles. The number of piperidine rings is 1. The number of para-hydroxylation sites is 1. The fourth-order valence-electron chi connectivity index (χ4n) is 5.99. The Bertz CT molecular complexity index is 1590. The molecule has 190 valence electrons. The van der Waals surface area contributed by atoms with Crippen LogP contribution in [0.5, 0.6) is 5.75 Å². The van der Waals surface area contributed by atoms with Gasteiger partial charge >= 0.3 is 0 Å². The lowest BCUT2D eigenvalue weighted by atomic mass is 9.83. The summed E-state index contributed by atoms with van der Waals surface area (Å²) in [5, 5.41) is 7.57. The Balaban J connectivity index is 1.14. The Morgan fingerprint density at radius 1 is 1.22 bits per heavy atom. The van der Waals surface area contributed by atoms with Crippen molar-refractivity contribution in [2.75, 3.05) is 29.4 Å². The van der Waals surface area contributed by atoms with Gasteiger partial charge < -0.3 is 24.8 Å². The van der Waals surface area contributed by atoms with E-state index in [1.54, 1.807) is 30.1 Å². The van der Waals surface area contributed by atoms with E-state index in [9.17, 15) is 9.18 Å². The van der Waals surface area contributed by atoms with Gasteiger partial charge in [-0.15, -0.1) is 0 Å². The molecule has 0 aliphatic carbocycles. The third-order valence-corrected chi connectivity index (χ3v) is 8.08. The first-order valence-electron chi connectivity index (χ1n) is 12.6. The van der Waals surface area contributed by atoms with Crippen molar-refractivity contribution in [3.63, 3.8) is 0 Å². The molecule has 1 atom stereocenters. The first kappa shape index (κ1) is 22.2. The van der Waals surface area contributed by atoms with Crippen molar-refractivity contribution in [1.82, 2.24) is 24.7 Å². The highest BCUT2D eigenvalue weighted by Gasteiger charge is 2.49. The number of nitrogens with two attached hydrogens (primary N) is 1. The lowest BCUT2D eigenvalue weighted by molar-refractivity contribution is 0.0402. The second-order valence-corrected chi connectivity index (χ2v) is 10.1. The number of nitrogens with zero attached hydrogens (tertiary/aromatic N) is 6. The van der Waals surface area contributed by atoms with Gasteiger partial charge in [0.25, 0.3) is 5.56 Å². The van der Waals surface area contributed by atoms with Crippen molar-refractivity contribution < 1.29 is 9.13 Å². The number of nitrogens with one attached hydrogen (secondary N) is 1. The molecule has 1 spiro atoms. The summed E-state index contributed by atoms with van der Waals surface area (Å²) in [7, 11) is 1.77. The number of aryl methyl sites for hydroxylation is 1. The molecule has 3 aliphatic rings. The maximum absolute atomic E-state index is 14.3. The summed E-state index contributed by atoms with van der Waals surface area (Å²) in [6.07, 6.45) is 6.45. The van der Waals surface area contributed by atoms with Gasteiger partial charge in [-0.1, -0.05) is 12.1 Å². The van der Waals surface area contributed by atoms with Crippen LogP contribution in [0.4, 0.5) is 21.7 Å². The maximum Gasteiger partial charge on any atom is 0.255 e. The molecule has 3 aromatic heterocycles. The van der Waals surface area contributed by atoms with E-state index in [-0.39, 0.29) is 23.2 Å². The number of halogens is 1. The summed E-state index contributed by atoms with van der Waals surface area (Å²) in [6.45, 7) is 2.07. The molecule has 1 aromatic carbocycles. The number of ether oxygens (including phenoxy) is 1. The highest BCUT2D eigenvalue weighted by molar-refractivity contribution is 5.87. The molecule has 4 aromatic rings. The topological polar surface area (TPSA) is 118 Å². The van der Waals surface area contributed by atoms with E-state index >= 15 is 0 Å². The minimum Gasteiger partial charge on any atom is -0.482 e. The SMILES string of the molecule is Cn1ccc2c(c1=O)CCCN2c1n[nH]c2nc(N3CCC4(CC3)Oc3c(F)cccc3[C@H]4N)cnc12. The zero-order valence-electron chi connectivity index (χ0n) is 20.4. The summed E-state index contributed by atoms with van der Waals surface area (Å²) < 4.78 is 22.1. The Kier molecular flexibility index (Phi) is 4.81. The third kappa shape index (κ3) is 3.26. The molecule has 0 bridgehead atoms. The zero-order valence-corrected chi connectivity index (χ0v) is 20.4. The van der Waals surface area contributed by atoms with Gasteiger partial charge in [-0.25, -0.2) is 14.4 Å². The molecule has 7 rings (SSSR count). The van der Waals surface area contributed by atoms with Crippen molar-refractivity contribution >= 4 is 28.5 Å². The molecular weight excluding hydrogens is 475 g/mol. The summed E-state index contributed by atoms with van der Waals surface area (Å²) in [5.74, 6) is 1.33. The van der Waals surface area contributed by atoms with Crippen molar-refractivity contribution in [2.24, 2.45) is 12.8 Å². The second kappa shape index (κ2) is 8.01. The van der Waals surface area contributed by atoms with Crippen molar-refractivity contribution in [3.8, 4) is 5.75 Å². The molecule has 0 radical (unpaired) electrons. The van der Waals surface area contributed by atoms with Crippen LogP contribution in [0.3, 0.4) is 0 Å². The average Bonchev–Trinajstić information content (AvgIpc) is 3.46. The van der Waals surface area contributed by atoms with Crippen LogP contribution in [0.1, 0.15) is 36.4 Å². The first-order valence-corrected chi connectivity index (χ1v) is 12.6. The summed E-state index contributed by atoms with van der Waals surface area (Å²) in [4.78, 5) is 26.4. The number of aromatic amines is 1. The fourth-order valence-corrected chi connectivity index (χ4v) is 5.99. The largest absolute Gasteiger partial charge is 0.482 e. The van der Waals surface area contributed by atoms with E-state index < -0.39 is 5.60 Å². The number of anilines is 3. The molecule has 1 saturated heterocycles. The van der Waals surface area contributed by atoms with Gasteiger partial charge in [-0.3, -0.25) is 9.89 Å². The molecule has 3 aliphatic heterocycles. The van der Waals surface area contributed by atoms with E-state index in [0.717, 1.165) is 42.0 Å². The molecule has 1 fully saturated rings. The van der Waals surface area contributed by atoms with Gasteiger partial charge in [-0.05, 0) is 25.0 Å². The number of aromatic nitrogens is 5. The van der Waals surface area contributed by atoms with E-state index in [0.29, 0.717) is 42.9 Å². The summed E-state index contributed by atoms with van der Waals surface area (Å²) >= 11 is 0. The smallest absolute Gasteiger partial charge is 0.255 e. The standard InChI is InChI=1S/C26H27FN8O2/c1-33-11-7-18-15(25(33)36)5-3-10-35(18)24-20-23(31-32-24)30-19(14-29-20)34-12-8-26(9-13-34)22(28)16-4-2-6-17(27)21(16)37-26/h2,4,6-7,11,14,22H,3,5,8-10,12-13,28H2,1H3,(H,30,31,32)/t22-/m1/s1.